The van der Waals surface area contributed by atoms with Crippen molar-refractivity contribution in [3.8, 4) is 5.75 Å². The van der Waals surface area contributed by atoms with Gasteiger partial charge in [0.05, 0.1) is 11.8 Å². The lowest BCUT2D eigenvalue weighted by molar-refractivity contribution is -0.147. The molecule has 0 saturated heterocycles. The van der Waals surface area contributed by atoms with Crippen LogP contribution in [0.4, 0.5) is 11.4 Å². The first-order valence-corrected chi connectivity index (χ1v) is 10.7. The van der Waals surface area contributed by atoms with E-state index >= 15 is 0 Å². The molecule has 1 aliphatic heterocycles. The largest absolute Gasteiger partial charge is 0.476 e. The molecule has 1 heterocycles. The molecule has 2 amide bonds. The number of carbonyl (C=O) groups is 3. The van der Waals surface area contributed by atoms with Gasteiger partial charge in [0.1, 0.15) is 12.3 Å². The van der Waals surface area contributed by atoms with Crippen LogP contribution in [0.5, 0.6) is 5.75 Å². The highest BCUT2D eigenvalue weighted by atomic mass is 16.5. The van der Waals surface area contributed by atoms with Crippen molar-refractivity contribution in [1.29, 1.82) is 0 Å². The standard InChI is InChI=1S/C25H30N2O5/c1-15(2)17-7-10-19(11-8-17)26-23(29)18-9-12-21-20(13-18)27(14-22(28)31-16(3)4)24(30)25(5,6)32-21/h7-13,15-16H,14H2,1-6H3,(H,26,29). The van der Waals surface area contributed by atoms with Gasteiger partial charge in [0.15, 0.2) is 5.60 Å². The fourth-order valence-electron chi connectivity index (χ4n) is 3.45. The van der Waals surface area contributed by atoms with E-state index in [1.165, 1.54) is 10.5 Å². The van der Waals surface area contributed by atoms with Gasteiger partial charge in [-0.3, -0.25) is 19.3 Å². The first-order chi connectivity index (χ1) is 15.0. The van der Waals surface area contributed by atoms with Crippen molar-refractivity contribution in [3.05, 3.63) is 53.6 Å². The van der Waals surface area contributed by atoms with Crippen molar-refractivity contribution in [3.63, 3.8) is 0 Å². The van der Waals surface area contributed by atoms with Crippen LogP contribution >= 0.6 is 0 Å². The van der Waals surface area contributed by atoms with Crippen LogP contribution in [0.3, 0.4) is 0 Å². The molecule has 2 aromatic carbocycles. The summed E-state index contributed by atoms with van der Waals surface area (Å²) < 4.78 is 11.1. The number of carbonyl (C=O) groups excluding carboxylic acids is 3. The molecule has 32 heavy (non-hydrogen) atoms. The van der Waals surface area contributed by atoms with Gasteiger partial charge in [-0.05, 0) is 69.5 Å². The van der Waals surface area contributed by atoms with E-state index in [2.05, 4.69) is 19.2 Å². The zero-order chi connectivity index (χ0) is 23.6. The van der Waals surface area contributed by atoms with Gasteiger partial charge < -0.3 is 14.8 Å². The van der Waals surface area contributed by atoms with E-state index in [0.717, 1.165) is 0 Å². The van der Waals surface area contributed by atoms with Crippen LogP contribution in [-0.2, 0) is 14.3 Å². The normalized spacial score (nSPS) is 14.8. The molecule has 7 heteroatoms. The Labute approximate surface area is 188 Å². The number of esters is 1. The first kappa shape index (κ1) is 23.3. The molecule has 2 aromatic rings. The van der Waals surface area contributed by atoms with E-state index in [9.17, 15) is 14.4 Å². The average molecular weight is 439 g/mol. The summed E-state index contributed by atoms with van der Waals surface area (Å²) in [5, 5.41) is 2.87. The Balaban J connectivity index is 1.87. The highest BCUT2D eigenvalue weighted by Gasteiger charge is 2.42. The molecule has 0 spiro atoms. The zero-order valence-corrected chi connectivity index (χ0v) is 19.4. The van der Waals surface area contributed by atoms with E-state index in [1.54, 1.807) is 45.9 Å². The van der Waals surface area contributed by atoms with Crippen molar-refractivity contribution in [2.24, 2.45) is 0 Å². The zero-order valence-electron chi connectivity index (χ0n) is 19.4. The van der Waals surface area contributed by atoms with Crippen molar-refractivity contribution in [1.82, 2.24) is 0 Å². The molecule has 1 aliphatic rings. The number of amides is 2. The maximum Gasteiger partial charge on any atom is 0.326 e. The van der Waals surface area contributed by atoms with Gasteiger partial charge >= 0.3 is 5.97 Å². The van der Waals surface area contributed by atoms with E-state index in [4.69, 9.17) is 9.47 Å². The minimum atomic E-state index is -1.15. The number of nitrogens with zero attached hydrogens (tertiary/aromatic N) is 1. The highest BCUT2D eigenvalue weighted by molar-refractivity contribution is 6.08. The second kappa shape index (κ2) is 9.02. The summed E-state index contributed by atoms with van der Waals surface area (Å²) in [7, 11) is 0. The molecule has 0 fully saturated rings. The number of fused-ring (bicyclic) bond motifs is 1. The van der Waals surface area contributed by atoms with Crippen LogP contribution in [0.1, 0.15) is 63.4 Å². The quantitative estimate of drug-likeness (QED) is 0.671. The number of rotatable bonds is 6. The minimum Gasteiger partial charge on any atom is -0.476 e. The summed E-state index contributed by atoms with van der Waals surface area (Å²) in [5.41, 5.74) is 1.40. The molecule has 0 atom stereocenters. The van der Waals surface area contributed by atoms with E-state index in [-0.39, 0.29) is 24.5 Å². The van der Waals surface area contributed by atoms with Crippen LogP contribution in [0.2, 0.25) is 0 Å². The number of benzene rings is 2. The van der Waals surface area contributed by atoms with E-state index in [1.807, 2.05) is 24.3 Å². The number of nitrogens with one attached hydrogen (secondary N) is 1. The molecule has 0 unspecified atom stereocenters. The Kier molecular flexibility index (Phi) is 6.57. The SMILES string of the molecule is CC(C)OC(=O)CN1C(=O)C(C)(C)Oc2ccc(C(=O)Nc3ccc(C(C)C)cc3)cc21. The predicted octanol–water partition coefficient (Wildman–Crippen LogP) is 4.52. The molecule has 0 saturated carbocycles. The Bertz CT molecular complexity index is 1030. The van der Waals surface area contributed by atoms with Crippen LogP contribution in [0.15, 0.2) is 42.5 Å². The average Bonchev–Trinajstić information content (AvgIpc) is 2.70. The molecule has 0 radical (unpaired) electrons. The van der Waals surface area contributed by atoms with Gasteiger partial charge in [0, 0.05) is 11.3 Å². The lowest BCUT2D eigenvalue weighted by Gasteiger charge is -2.38. The third kappa shape index (κ3) is 5.10. The van der Waals surface area contributed by atoms with Crippen molar-refractivity contribution in [2.45, 2.75) is 59.2 Å². The van der Waals surface area contributed by atoms with Gasteiger partial charge in [0.25, 0.3) is 11.8 Å². The van der Waals surface area contributed by atoms with Gasteiger partial charge in [-0.1, -0.05) is 26.0 Å². The van der Waals surface area contributed by atoms with Gasteiger partial charge in [-0.15, -0.1) is 0 Å². The molecule has 0 aliphatic carbocycles. The molecule has 0 bridgehead atoms. The van der Waals surface area contributed by atoms with Crippen molar-refractivity contribution in [2.75, 3.05) is 16.8 Å². The van der Waals surface area contributed by atoms with Crippen LogP contribution in [0, 0.1) is 0 Å². The highest BCUT2D eigenvalue weighted by Crippen LogP contribution is 2.38. The molecule has 3 rings (SSSR count). The maximum atomic E-state index is 13.0. The lowest BCUT2D eigenvalue weighted by Crippen LogP contribution is -2.54. The number of anilines is 2. The van der Waals surface area contributed by atoms with Crippen molar-refractivity contribution < 1.29 is 23.9 Å². The summed E-state index contributed by atoms with van der Waals surface area (Å²) in [6.07, 6.45) is -0.301. The molecule has 170 valence electrons. The summed E-state index contributed by atoms with van der Waals surface area (Å²) in [4.78, 5) is 39.4. The predicted molar refractivity (Wildman–Crippen MR) is 123 cm³/mol. The topological polar surface area (TPSA) is 84.9 Å². The number of ether oxygens (including phenoxy) is 2. The fourth-order valence-corrected chi connectivity index (χ4v) is 3.45. The van der Waals surface area contributed by atoms with Gasteiger partial charge in [-0.2, -0.15) is 0 Å². The van der Waals surface area contributed by atoms with Gasteiger partial charge in [-0.25, -0.2) is 0 Å². The van der Waals surface area contributed by atoms with Crippen LogP contribution < -0.4 is 15.0 Å². The molecular formula is C25H30N2O5. The monoisotopic (exact) mass is 438 g/mol. The van der Waals surface area contributed by atoms with Crippen molar-refractivity contribution >= 4 is 29.2 Å². The lowest BCUT2D eigenvalue weighted by atomic mass is 10.0. The van der Waals surface area contributed by atoms with Crippen LogP contribution in [0.25, 0.3) is 0 Å². The number of hydrogen-bond acceptors (Lipinski definition) is 5. The first-order valence-electron chi connectivity index (χ1n) is 10.7. The summed E-state index contributed by atoms with van der Waals surface area (Å²) in [5.74, 6) is -0.419. The molecular weight excluding hydrogens is 408 g/mol. The molecule has 0 aromatic heterocycles. The summed E-state index contributed by atoms with van der Waals surface area (Å²) in [6.45, 7) is 10.7. The summed E-state index contributed by atoms with van der Waals surface area (Å²) >= 11 is 0. The Hall–Kier alpha value is -3.35. The minimum absolute atomic E-state index is 0.265. The van der Waals surface area contributed by atoms with E-state index < -0.39 is 11.6 Å². The summed E-state index contributed by atoms with van der Waals surface area (Å²) in [6, 6.07) is 12.5. The third-order valence-corrected chi connectivity index (χ3v) is 5.13. The maximum absolute atomic E-state index is 13.0. The smallest absolute Gasteiger partial charge is 0.326 e. The second-order valence-corrected chi connectivity index (χ2v) is 8.96. The second-order valence-electron chi connectivity index (χ2n) is 8.96. The van der Waals surface area contributed by atoms with Gasteiger partial charge in [0.2, 0.25) is 0 Å². The van der Waals surface area contributed by atoms with Crippen LogP contribution in [-0.4, -0.2) is 36.0 Å². The Morgan fingerprint density at radius 2 is 1.72 bits per heavy atom. The molecule has 1 N–H and O–H groups in total. The Morgan fingerprint density at radius 3 is 2.31 bits per heavy atom. The van der Waals surface area contributed by atoms with E-state index in [0.29, 0.717) is 28.6 Å². The number of hydrogen-bond donors (Lipinski definition) is 1. The Morgan fingerprint density at radius 1 is 1.06 bits per heavy atom. The fraction of sp³-hybridized carbons (Fsp3) is 0.400. The third-order valence-electron chi connectivity index (χ3n) is 5.13. The molecule has 7 nitrogen and oxygen atoms in total.